The number of aromatic nitrogens is 4. The van der Waals surface area contributed by atoms with Gasteiger partial charge in [-0.15, -0.1) is 0 Å². The number of amides is 1. The monoisotopic (exact) mass is 275 g/mol. The second kappa shape index (κ2) is 5.16. The Bertz CT molecular complexity index is 650. The van der Waals surface area contributed by atoms with E-state index in [2.05, 4.69) is 19.9 Å². The van der Waals surface area contributed by atoms with Gasteiger partial charge in [0.1, 0.15) is 11.8 Å². The van der Waals surface area contributed by atoms with Crippen LogP contribution in [0, 0.1) is 0 Å². The first-order valence-electron chi connectivity index (χ1n) is 6.22. The minimum atomic E-state index is -0.389. The lowest BCUT2D eigenvalue weighted by Crippen LogP contribution is -2.31. The van der Waals surface area contributed by atoms with E-state index in [1.807, 2.05) is 0 Å². The van der Waals surface area contributed by atoms with E-state index in [1.54, 1.807) is 17.3 Å². The molecule has 1 amide bonds. The molecule has 1 saturated heterocycles. The molecule has 1 atom stereocenters. The molecule has 1 unspecified atom stereocenters. The van der Waals surface area contributed by atoms with E-state index >= 15 is 0 Å². The molecule has 1 fully saturated rings. The van der Waals surface area contributed by atoms with Crippen molar-refractivity contribution in [1.29, 1.82) is 0 Å². The molecule has 8 heteroatoms. The molecule has 2 N–H and O–H groups in total. The van der Waals surface area contributed by atoms with E-state index in [4.69, 9.17) is 4.74 Å². The summed E-state index contributed by atoms with van der Waals surface area (Å²) < 4.78 is 5.65. The van der Waals surface area contributed by atoms with Gasteiger partial charge in [-0.1, -0.05) is 0 Å². The average Bonchev–Trinajstić information content (AvgIpc) is 3.08. The number of carbonyl (C=O) groups excluding carboxylic acids is 1. The van der Waals surface area contributed by atoms with E-state index in [1.165, 1.54) is 12.4 Å². The van der Waals surface area contributed by atoms with E-state index in [0.29, 0.717) is 19.0 Å². The number of H-pyrrole nitrogens is 2. The molecular weight excluding hydrogens is 262 g/mol. The number of hydrogen-bond donors (Lipinski definition) is 2. The maximum Gasteiger partial charge on any atom is 0.323 e. The highest BCUT2D eigenvalue weighted by Crippen LogP contribution is 2.16. The van der Waals surface area contributed by atoms with E-state index in [0.717, 1.165) is 6.42 Å². The van der Waals surface area contributed by atoms with Gasteiger partial charge in [-0.05, 0) is 0 Å². The normalized spacial score (nSPS) is 18.2. The van der Waals surface area contributed by atoms with Gasteiger partial charge in [-0.25, -0.2) is 9.78 Å². The molecule has 8 nitrogen and oxygen atoms in total. The van der Waals surface area contributed by atoms with E-state index < -0.39 is 0 Å². The molecule has 3 rings (SSSR count). The van der Waals surface area contributed by atoms with Crippen LogP contribution in [-0.4, -0.2) is 49.9 Å². The summed E-state index contributed by atoms with van der Waals surface area (Å²) in [4.78, 5) is 37.6. The van der Waals surface area contributed by atoms with Crippen LogP contribution in [0.15, 0.2) is 29.6 Å². The number of hydrogen-bond acceptors (Lipinski definition) is 5. The van der Waals surface area contributed by atoms with Crippen LogP contribution in [0.3, 0.4) is 0 Å². The second-order valence-corrected chi connectivity index (χ2v) is 4.48. The maximum absolute atomic E-state index is 12.1. The third kappa shape index (κ3) is 2.53. The number of rotatable bonds is 3. The molecule has 0 aliphatic carbocycles. The summed E-state index contributed by atoms with van der Waals surface area (Å²) in [5.74, 6) is 0.232. The molecule has 104 valence electrons. The fraction of sp³-hybridized carbons (Fsp3) is 0.333. The lowest BCUT2D eigenvalue weighted by molar-refractivity contribution is 0.0765. The smallest absolute Gasteiger partial charge is 0.323 e. The lowest BCUT2D eigenvalue weighted by atomic mass is 10.3. The highest BCUT2D eigenvalue weighted by Gasteiger charge is 2.29. The van der Waals surface area contributed by atoms with E-state index in [9.17, 15) is 9.59 Å². The van der Waals surface area contributed by atoms with Crippen LogP contribution in [0.4, 0.5) is 0 Å². The molecule has 1 aliphatic heterocycles. The first-order valence-corrected chi connectivity index (χ1v) is 6.22. The molecule has 0 spiro atoms. The number of likely N-dealkylation sites (tertiary alicyclic amines) is 1. The summed E-state index contributed by atoms with van der Waals surface area (Å²) in [5, 5.41) is 0. The van der Waals surface area contributed by atoms with Gasteiger partial charge in [0.05, 0.1) is 12.7 Å². The quantitative estimate of drug-likeness (QED) is 0.806. The third-order valence-electron chi connectivity index (χ3n) is 3.09. The van der Waals surface area contributed by atoms with Crippen molar-refractivity contribution < 1.29 is 9.53 Å². The Morgan fingerprint density at radius 1 is 1.45 bits per heavy atom. The van der Waals surface area contributed by atoms with Crippen molar-refractivity contribution in [3.63, 3.8) is 0 Å². The van der Waals surface area contributed by atoms with Gasteiger partial charge >= 0.3 is 5.69 Å². The van der Waals surface area contributed by atoms with Crippen molar-refractivity contribution in [2.75, 3.05) is 13.1 Å². The summed E-state index contributed by atoms with van der Waals surface area (Å²) in [6.07, 6.45) is 6.64. The number of ether oxygens (including phenoxy) is 1. The molecule has 0 bridgehead atoms. The number of aromatic amines is 2. The van der Waals surface area contributed by atoms with Crippen LogP contribution in [0.5, 0.6) is 5.88 Å². The highest BCUT2D eigenvalue weighted by atomic mass is 16.5. The molecule has 2 aromatic heterocycles. The van der Waals surface area contributed by atoms with Crippen molar-refractivity contribution in [3.8, 4) is 5.88 Å². The molecule has 3 heterocycles. The average molecular weight is 275 g/mol. The molecule has 0 radical (unpaired) electrons. The topological polar surface area (TPSA) is 104 Å². The van der Waals surface area contributed by atoms with Crippen LogP contribution < -0.4 is 10.4 Å². The Kier molecular flexibility index (Phi) is 3.20. The Hall–Kier alpha value is -2.64. The first-order chi connectivity index (χ1) is 9.72. The summed E-state index contributed by atoms with van der Waals surface area (Å²) in [5.41, 5.74) is -0.130. The van der Waals surface area contributed by atoms with Gasteiger partial charge in [0.25, 0.3) is 5.91 Å². The molecule has 0 aromatic carbocycles. The Labute approximate surface area is 113 Å². The van der Waals surface area contributed by atoms with Crippen LogP contribution in [0.1, 0.15) is 16.9 Å². The standard InChI is InChI=1S/C12H13N5O3/c18-11(9-5-15-12(19)16-9)17-4-1-8(7-17)20-10-6-13-2-3-14-10/h2-3,5-6,8H,1,4,7H2,(H2,15,16,19). The maximum atomic E-state index is 12.1. The molecule has 20 heavy (non-hydrogen) atoms. The number of carbonyl (C=O) groups is 1. The van der Waals surface area contributed by atoms with Crippen molar-refractivity contribution in [2.45, 2.75) is 12.5 Å². The summed E-state index contributed by atoms with van der Waals surface area (Å²) in [6.45, 7) is 1.04. The Morgan fingerprint density at radius 2 is 2.35 bits per heavy atom. The van der Waals surface area contributed by atoms with Crippen molar-refractivity contribution in [3.05, 3.63) is 41.0 Å². The zero-order valence-corrected chi connectivity index (χ0v) is 10.6. The lowest BCUT2D eigenvalue weighted by Gasteiger charge is -2.15. The zero-order chi connectivity index (χ0) is 13.9. The van der Waals surface area contributed by atoms with Crippen LogP contribution in [-0.2, 0) is 0 Å². The number of nitrogens with one attached hydrogen (secondary N) is 2. The number of nitrogens with zero attached hydrogens (tertiary/aromatic N) is 3. The van der Waals surface area contributed by atoms with Gasteiger partial charge in [0.15, 0.2) is 0 Å². The predicted molar refractivity (Wildman–Crippen MR) is 68.4 cm³/mol. The summed E-state index contributed by atoms with van der Waals surface area (Å²) in [7, 11) is 0. The third-order valence-corrected chi connectivity index (χ3v) is 3.09. The zero-order valence-electron chi connectivity index (χ0n) is 10.6. The number of imidazole rings is 1. The summed E-state index contributed by atoms with van der Waals surface area (Å²) in [6, 6.07) is 0. The van der Waals surface area contributed by atoms with E-state index in [-0.39, 0.29) is 23.4 Å². The molecular formula is C12H13N5O3. The van der Waals surface area contributed by atoms with Crippen LogP contribution >= 0.6 is 0 Å². The largest absolute Gasteiger partial charge is 0.471 e. The van der Waals surface area contributed by atoms with Gasteiger partial charge < -0.3 is 19.6 Å². The van der Waals surface area contributed by atoms with Gasteiger partial charge in [0.2, 0.25) is 5.88 Å². The Morgan fingerprint density at radius 3 is 3.05 bits per heavy atom. The molecule has 1 aliphatic rings. The fourth-order valence-corrected chi connectivity index (χ4v) is 2.14. The highest BCUT2D eigenvalue weighted by molar-refractivity contribution is 5.92. The van der Waals surface area contributed by atoms with Crippen molar-refractivity contribution >= 4 is 5.91 Å². The van der Waals surface area contributed by atoms with Gasteiger partial charge in [0, 0.05) is 31.6 Å². The summed E-state index contributed by atoms with van der Waals surface area (Å²) >= 11 is 0. The van der Waals surface area contributed by atoms with Crippen LogP contribution in [0.25, 0.3) is 0 Å². The minimum Gasteiger partial charge on any atom is -0.471 e. The van der Waals surface area contributed by atoms with Gasteiger partial charge in [-0.3, -0.25) is 9.78 Å². The fourth-order valence-electron chi connectivity index (χ4n) is 2.14. The SMILES string of the molecule is O=C(c1c[nH]c(=O)[nH]1)N1CCC(Oc2cnccn2)C1. The van der Waals surface area contributed by atoms with Crippen molar-refractivity contribution in [1.82, 2.24) is 24.8 Å². The first kappa shape index (κ1) is 12.4. The van der Waals surface area contributed by atoms with Crippen LogP contribution in [0.2, 0.25) is 0 Å². The predicted octanol–water partition coefficient (Wildman–Crippen LogP) is -0.214. The van der Waals surface area contributed by atoms with Crippen molar-refractivity contribution in [2.24, 2.45) is 0 Å². The van der Waals surface area contributed by atoms with Gasteiger partial charge in [-0.2, -0.15) is 0 Å². The Balaban J connectivity index is 1.62. The molecule has 0 saturated carbocycles. The minimum absolute atomic E-state index is 0.110. The molecule has 2 aromatic rings. The second-order valence-electron chi connectivity index (χ2n) is 4.48.